The molecule has 0 aliphatic rings. The zero-order chi connectivity index (χ0) is 22.3. The van der Waals surface area contributed by atoms with Crippen molar-refractivity contribution >= 4 is 29.1 Å². The Hall–Kier alpha value is -3.35. The lowest BCUT2D eigenvalue weighted by molar-refractivity contribution is -0.114. The van der Waals surface area contributed by atoms with E-state index in [9.17, 15) is 14.4 Å². The van der Waals surface area contributed by atoms with E-state index in [0.717, 1.165) is 0 Å². The number of amides is 3. The van der Waals surface area contributed by atoms with E-state index in [4.69, 9.17) is 0 Å². The molecule has 0 bridgehead atoms. The van der Waals surface area contributed by atoms with Gasteiger partial charge in [-0.25, -0.2) is 0 Å². The van der Waals surface area contributed by atoms with Crippen LogP contribution in [0.15, 0.2) is 48.5 Å². The number of hydrogen-bond donors (Lipinski definition) is 4. The van der Waals surface area contributed by atoms with Crippen LogP contribution in [0, 0.1) is 0 Å². The van der Waals surface area contributed by atoms with Crippen LogP contribution in [0.1, 0.15) is 55.3 Å². The first-order valence-electron chi connectivity index (χ1n) is 9.91. The summed E-state index contributed by atoms with van der Waals surface area (Å²) >= 11 is 0. The maximum absolute atomic E-state index is 12.3. The minimum Gasteiger partial charge on any atom is -0.376 e. The summed E-state index contributed by atoms with van der Waals surface area (Å²) in [6.07, 6.45) is 0. The second-order valence-electron chi connectivity index (χ2n) is 8.40. The van der Waals surface area contributed by atoms with E-state index in [1.165, 1.54) is 0 Å². The molecule has 2 rings (SSSR count). The van der Waals surface area contributed by atoms with Gasteiger partial charge in [0.2, 0.25) is 5.91 Å². The van der Waals surface area contributed by atoms with Crippen LogP contribution in [-0.2, 0) is 4.79 Å². The van der Waals surface area contributed by atoms with Crippen LogP contribution in [0.3, 0.4) is 0 Å². The summed E-state index contributed by atoms with van der Waals surface area (Å²) in [6.45, 7) is 9.54. The van der Waals surface area contributed by atoms with Crippen molar-refractivity contribution in [3.05, 3.63) is 59.7 Å². The van der Waals surface area contributed by atoms with E-state index in [-0.39, 0.29) is 35.8 Å². The SMILES string of the molecule is CC(C)NC(=O)c1cccc(NC(=O)CNc2cccc(C(=O)NC(C)(C)C)c2)c1. The maximum atomic E-state index is 12.3. The Balaban J connectivity index is 1.95. The molecule has 0 radical (unpaired) electrons. The first-order valence-corrected chi connectivity index (χ1v) is 9.91. The quantitative estimate of drug-likeness (QED) is 0.562. The van der Waals surface area contributed by atoms with Gasteiger partial charge in [-0.05, 0) is 71.0 Å². The van der Waals surface area contributed by atoms with Crippen molar-refractivity contribution in [2.45, 2.75) is 46.2 Å². The zero-order valence-corrected chi connectivity index (χ0v) is 18.1. The number of carbonyl (C=O) groups excluding carboxylic acids is 3. The molecule has 0 atom stereocenters. The minimum absolute atomic E-state index is 0.0206. The molecule has 0 aromatic heterocycles. The first kappa shape index (κ1) is 22.9. The van der Waals surface area contributed by atoms with Crippen molar-refractivity contribution in [2.24, 2.45) is 0 Å². The smallest absolute Gasteiger partial charge is 0.251 e. The summed E-state index contributed by atoms with van der Waals surface area (Å²) in [5.41, 5.74) is 1.86. The molecular weight excluding hydrogens is 380 g/mol. The molecule has 0 fully saturated rings. The van der Waals surface area contributed by atoms with E-state index < -0.39 is 0 Å². The van der Waals surface area contributed by atoms with Crippen molar-refractivity contribution in [2.75, 3.05) is 17.2 Å². The number of carbonyl (C=O) groups is 3. The van der Waals surface area contributed by atoms with Crippen molar-refractivity contribution in [1.29, 1.82) is 0 Å². The lowest BCUT2D eigenvalue weighted by Crippen LogP contribution is -2.40. The number of hydrogen-bond acceptors (Lipinski definition) is 4. The van der Waals surface area contributed by atoms with Crippen molar-refractivity contribution in [3.63, 3.8) is 0 Å². The van der Waals surface area contributed by atoms with Crippen LogP contribution in [0.2, 0.25) is 0 Å². The van der Waals surface area contributed by atoms with Crippen LogP contribution >= 0.6 is 0 Å². The van der Waals surface area contributed by atoms with Crippen LogP contribution in [0.25, 0.3) is 0 Å². The van der Waals surface area contributed by atoms with E-state index in [1.54, 1.807) is 48.5 Å². The Labute approximate surface area is 177 Å². The second-order valence-corrected chi connectivity index (χ2v) is 8.40. The predicted molar refractivity (Wildman–Crippen MR) is 120 cm³/mol. The third kappa shape index (κ3) is 7.58. The van der Waals surface area contributed by atoms with Gasteiger partial charge in [0.1, 0.15) is 0 Å². The topological polar surface area (TPSA) is 99.3 Å². The summed E-state index contributed by atoms with van der Waals surface area (Å²) in [5, 5.41) is 11.5. The minimum atomic E-state index is -0.332. The Bertz CT molecular complexity index is 917. The lowest BCUT2D eigenvalue weighted by Gasteiger charge is -2.20. The molecular formula is C23H30N4O3. The van der Waals surface area contributed by atoms with Gasteiger partial charge in [-0.2, -0.15) is 0 Å². The molecule has 0 heterocycles. The molecule has 3 amide bonds. The highest BCUT2D eigenvalue weighted by Gasteiger charge is 2.15. The Morgan fingerprint density at radius 1 is 0.867 bits per heavy atom. The van der Waals surface area contributed by atoms with E-state index in [0.29, 0.717) is 22.5 Å². The van der Waals surface area contributed by atoms with Gasteiger partial charge in [-0.15, -0.1) is 0 Å². The van der Waals surface area contributed by atoms with Gasteiger partial charge in [-0.3, -0.25) is 14.4 Å². The average Bonchev–Trinajstić information content (AvgIpc) is 2.65. The Kier molecular flexibility index (Phi) is 7.58. The van der Waals surface area contributed by atoms with Gasteiger partial charge >= 0.3 is 0 Å². The first-order chi connectivity index (χ1) is 14.0. The van der Waals surface area contributed by atoms with Crippen LogP contribution in [0.4, 0.5) is 11.4 Å². The average molecular weight is 411 g/mol. The molecule has 7 heteroatoms. The van der Waals surface area contributed by atoms with Crippen LogP contribution in [0.5, 0.6) is 0 Å². The van der Waals surface area contributed by atoms with Crippen LogP contribution in [-0.4, -0.2) is 35.8 Å². The standard InChI is InChI=1S/C23H30N4O3/c1-15(2)25-21(29)16-8-7-11-19(13-16)26-20(28)14-24-18-10-6-9-17(12-18)22(30)27-23(3,4)5/h6-13,15,24H,14H2,1-5H3,(H,25,29)(H,26,28)(H,27,30). The fraction of sp³-hybridized carbons (Fsp3) is 0.348. The molecule has 30 heavy (non-hydrogen) atoms. The highest BCUT2D eigenvalue weighted by atomic mass is 16.2. The highest BCUT2D eigenvalue weighted by molar-refractivity contribution is 5.98. The zero-order valence-electron chi connectivity index (χ0n) is 18.1. The summed E-state index contributed by atoms with van der Waals surface area (Å²) < 4.78 is 0. The van der Waals surface area contributed by atoms with Crippen molar-refractivity contribution in [3.8, 4) is 0 Å². The second kappa shape index (κ2) is 9.91. The maximum Gasteiger partial charge on any atom is 0.251 e. The molecule has 0 spiro atoms. The molecule has 0 saturated carbocycles. The summed E-state index contributed by atoms with van der Waals surface area (Å²) in [6, 6.07) is 13.8. The number of anilines is 2. The predicted octanol–water partition coefficient (Wildman–Crippen LogP) is 3.40. The molecule has 0 aliphatic carbocycles. The summed E-state index contributed by atoms with van der Waals surface area (Å²) in [5.74, 6) is -0.627. The van der Waals surface area contributed by atoms with E-state index in [2.05, 4.69) is 21.3 Å². The van der Waals surface area contributed by atoms with Gasteiger partial charge in [0.05, 0.1) is 6.54 Å². The fourth-order valence-electron chi connectivity index (χ4n) is 2.65. The molecule has 2 aromatic carbocycles. The Morgan fingerprint density at radius 3 is 2.03 bits per heavy atom. The third-order valence-electron chi connectivity index (χ3n) is 3.89. The highest BCUT2D eigenvalue weighted by Crippen LogP contribution is 2.13. The van der Waals surface area contributed by atoms with Gasteiger partial charge < -0.3 is 21.3 Å². The third-order valence-corrected chi connectivity index (χ3v) is 3.89. The largest absolute Gasteiger partial charge is 0.376 e. The van der Waals surface area contributed by atoms with Gasteiger partial charge in [0, 0.05) is 34.1 Å². The monoisotopic (exact) mass is 410 g/mol. The molecule has 7 nitrogen and oxygen atoms in total. The summed E-state index contributed by atoms with van der Waals surface area (Å²) in [4.78, 5) is 36.7. The molecule has 2 aromatic rings. The Morgan fingerprint density at radius 2 is 1.43 bits per heavy atom. The van der Waals surface area contributed by atoms with E-state index in [1.807, 2.05) is 34.6 Å². The number of rotatable bonds is 7. The van der Waals surface area contributed by atoms with E-state index >= 15 is 0 Å². The number of benzene rings is 2. The summed E-state index contributed by atoms with van der Waals surface area (Å²) in [7, 11) is 0. The normalized spacial score (nSPS) is 11.0. The van der Waals surface area contributed by atoms with Gasteiger partial charge in [0.25, 0.3) is 11.8 Å². The van der Waals surface area contributed by atoms with Crippen molar-refractivity contribution in [1.82, 2.24) is 10.6 Å². The number of nitrogens with one attached hydrogen (secondary N) is 4. The molecule has 0 unspecified atom stereocenters. The fourth-order valence-corrected chi connectivity index (χ4v) is 2.65. The van der Waals surface area contributed by atoms with Crippen LogP contribution < -0.4 is 21.3 Å². The molecule has 0 saturated heterocycles. The van der Waals surface area contributed by atoms with Crippen molar-refractivity contribution < 1.29 is 14.4 Å². The lowest BCUT2D eigenvalue weighted by atomic mass is 10.1. The molecule has 4 N–H and O–H groups in total. The molecule has 0 aliphatic heterocycles. The van der Waals surface area contributed by atoms with Gasteiger partial charge in [-0.1, -0.05) is 12.1 Å². The van der Waals surface area contributed by atoms with Gasteiger partial charge in [0.15, 0.2) is 0 Å². The molecule has 160 valence electrons.